The van der Waals surface area contributed by atoms with Gasteiger partial charge in [-0.25, -0.2) is 0 Å². The molecule has 0 aliphatic heterocycles. The van der Waals surface area contributed by atoms with Gasteiger partial charge < -0.3 is 19.4 Å². The van der Waals surface area contributed by atoms with Crippen LogP contribution in [0.5, 0.6) is 11.5 Å². The molecule has 0 saturated carbocycles. The van der Waals surface area contributed by atoms with Crippen molar-refractivity contribution in [3.05, 3.63) is 28.2 Å². The van der Waals surface area contributed by atoms with Gasteiger partial charge in [-0.15, -0.1) is 0 Å². The summed E-state index contributed by atoms with van der Waals surface area (Å²) in [5, 5.41) is 10.3. The maximum absolute atomic E-state index is 10.3. The van der Waals surface area contributed by atoms with Crippen LogP contribution < -0.4 is 14.6 Å². The van der Waals surface area contributed by atoms with Gasteiger partial charge in [0.2, 0.25) is 0 Å². The SMILES string of the molecule is COc1cc(/C=C/C(=O)[O-])cc(Br)c1OC. The van der Waals surface area contributed by atoms with Crippen LogP contribution in [0.1, 0.15) is 5.56 Å². The fourth-order valence-corrected chi connectivity index (χ4v) is 1.82. The number of benzene rings is 1. The first-order valence-electron chi connectivity index (χ1n) is 4.39. The molecule has 0 N–H and O–H groups in total. The van der Waals surface area contributed by atoms with Crippen LogP contribution in [0.4, 0.5) is 0 Å². The van der Waals surface area contributed by atoms with Crippen LogP contribution in [-0.4, -0.2) is 20.2 Å². The number of carboxylic acids is 1. The number of halogens is 1. The van der Waals surface area contributed by atoms with Crippen molar-refractivity contribution in [2.45, 2.75) is 0 Å². The number of aliphatic carboxylic acids is 1. The van der Waals surface area contributed by atoms with E-state index in [9.17, 15) is 9.90 Å². The second kappa shape index (κ2) is 5.55. The summed E-state index contributed by atoms with van der Waals surface area (Å²) in [7, 11) is 3.04. The first-order valence-corrected chi connectivity index (χ1v) is 5.18. The number of ether oxygens (including phenoxy) is 2. The Morgan fingerprint density at radius 2 is 2.06 bits per heavy atom. The summed E-state index contributed by atoms with van der Waals surface area (Å²) < 4.78 is 10.9. The third-order valence-corrected chi connectivity index (χ3v) is 2.46. The average Bonchev–Trinajstić information content (AvgIpc) is 2.25. The van der Waals surface area contributed by atoms with E-state index >= 15 is 0 Å². The van der Waals surface area contributed by atoms with E-state index < -0.39 is 5.97 Å². The van der Waals surface area contributed by atoms with E-state index in [4.69, 9.17) is 9.47 Å². The molecule has 0 aromatic heterocycles. The summed E-state index contributed by atoms with van der Waals surface area (Å²) in [5.74, 6) is -0.158. The fourth-order valence-electron chi connectivity index (χ4n) is 1.20. The lowest BCUT2D eigenvalue weighted by atomic mass is 10.2. The van der Waals surface area contributed by atoms with Crippen LogP contribution >= 0.6 is 15.9 Å². The normalized spacial score (nSPS) is 10.4. The molecule has 1 aromatic carbocycles. The van der Waals surface area contributed by atoms with Crippen molar-refractivity contribution in [1.29, 1.82) is 0 Å². The highest BCUT2D eigenvalue weighted by atomic mass is 79.9. The van der Waals surface area contributed by atoms with Crippen LogP contribution in [-0.2, 0) is 4.79 Å². The Labute approximate surface area is 102 Å². The van der Waals surface area contributed by atoms with Crippen molar-refractivity contribution < 1.29 is 19.4 Å². The Kier molecular flexibility index (Phi) is 4.37. The molecule has 16 heavy (non-hydrogen) atoms. The first-order chi connectivity index (χ1) is 7.58. The molecular weight excluding hydrogens is 276 g/mol. The van der Waals surface area contributed by atoms with E-state index in [1.54, 1.807) is 12.1 Å². The molecule has 0 radical (unpaired) electrons. The van der Waals surface area contributed by atoms with E-state index in [0.717, 1.165) is 6.08 Å². The zero-order valence-electron chi connectivity index (χ0n) is 8.82. The molecule has 0 aliphatic rings. The van der Waals surface area contributed by atoms with Gasteiger partial charge in [-0.2, -0.15) is 0 Å². The van der Waals surface area contributed by atoms with Gasteiger partial charge in [-0.1, -0.05) is 6.08 Å². The van der Waals surface area contributed by atoms with Crippen LogP contribution in [0.2, 0.25) is 0 Å². The molecule has 0 atom stereocenters. The second-order valence-corrected chi connectivity index (χ2v) is 3.74. The monoisotopic (exact) mass is 285 g/mol. The molecule has 1 rings (SSSR count). The molecule has 0 saturated heterocycles. The molecule has 1 aromatic rings. The zero-order valence-corrected chi connectivity index (χ0v) is 10.4. The van der Waals surface area contributed by atoms with Crippen molar-refractivity contribution in [2.24, 2.45) is 0 Å². The van der Waals surface area contributed by atoms with Gasteiger partial charge >= 0.3 is 0 Å². The lowest BCUT2D eigenvalue weighted by Crippen LogP contribution is -2.18. The van der Waals surface area contributed by atoms with Crippen LogP contribution in [0.15, 0.2) is 22.7 Å². The van der Waals surface area contributed by atoms with E-state index in [2.05, 4.69) is 15.9 Å². The van der Waals surface area contributed by atoms with Gasteiger partial charge in [0.15, 0.2) is 11.5 Å². The quantitative estimate of drug-likeness (QED) is 0.781. The molecule has 0 unspecified atom stereocenters. The van der Waals surface area contributed by atoms with E-state index in [1.165, 1.54) is 20.3 Å². The highest BCUT2D eigenvalue weighted by molar-refractivity contribution is 9.10. The molecular formula is C11H10BrO4-. The molecule has 0 aliphatic carbocycles. The molecule has 5 heteroatoms. The van der Waals surface area contributed by atoms with Gasteiger partial charge in [-0.05, 0) is 39.7 Å². The van der Waals surface area contributed by atoms with Gasteiger partial charge in [0.25, 0.3) is 0 Å². The lowest BCUT2D eigenvalue weighted by molar-refractivity contribution is -0.297. The number of hydrogen-bond acceptors (Lipinski definition) is 4. The summed E-state index contributed by atoms with van der Waals surface area (Å²) in [5.41, 5.74) is 0.675. The van der Waals surface area contributed by atoms with Crippen molar-refractivity contribution >= 4 is 28.0 Å². The minimum Gasteiger partial charge on any atom is -0.545 e. The predicted molar refractivity (Wildman–Crippen MR) is 61.3 cm³/mol. The Balaban J connectivity index is 3.15. The molecule has 0 spiro atoms. The first kappa shape index (κ1) is 12.6. The Bertz CT molecular complexity index is 426. The minimum atomic E-state index is -1.24. The minimum absolute atomic E-state index is 0.523. The standard InChI is InChI=1S/C11H11BrO4/c1-15-9-6-7(3-4-10(13)14)5-8(12)11(9)16-2/h3-6H,1-2H3,(H,13,14)/p-1/b4-3+. The third kappa shape index (κ3) is 3.00. The number of hydrogen-bond donors (Lipinski definition) is 0. The molecule has 0 fully saturated rings. The third-order valence-electron chi connectivity index (χ3n) is 1.87. The highest BCUT2D eigenvalue weighted by Crippen LogP contribution is 2.36. The predicted octanol–water partition coefficient (Wildman–Crippen LogP) is 1.23. The van der Waals surface area contributed by atoms with Crippen LogP contribution in [0, 0.1) is 0 Å². The molecule has 0 amide bonds. The van der Waals surface area contributed by atoms with Gasteiger partial charge in [0.05, 0.1) is 24.7 Å². The summed E-state index contributed by atoms with van der Waals surface area (Å²) in [4.78, 5) is 10.3. The fraction of sp³-hybridized carbons (Fsp3) is 0.182. The average molecular weight is 286 g/mol. The van der Waals surface area contributed by atoms with Gasteiger partial charge in [0.1, 0.15) is 0 Å². The zero-order chi connectivity index (χ0) is 12.1. The lowest BCUT2D eigenvalue weighted by Gasteiger charge is -2.10. The second-order valence-electron chi connectivity index (χ2n) is 2.89. The summed E-state index contributed by atoms with van der Waals surface area (Å²) in [6.45, 7) is 0. The number of carbonyl (C=O) groups is 1. The molecule has 0 heterocycles. The molecule has 4 nitrogen and oxygen atoms in total. The van der Waals surface area contributed by atoms with Crippen LogP contribution in [0.25, 0.3) is 6.08 Å². The van der Waals surface area contributed by atoms with Crippen molar-refractivity contribution in [3.8, 4) is 11.5 Å². The summed E-state index contributed by atoms with van der Waals surface area (Å²) in [6.07, 6.45) is 2.37. The van der Waals surface area contributed by atoms with Crippen LogP contribution in [0.3, 0.4) is 0 Å². The number of carbonyl (C=O) groups excluding carboxylic acids is 1. The highest BCUT2D eigenvalue weighted by Gasteiger charge is 2.08. The largest absolute Gasteiger partial charge is 0.545 e. The number of rotatable bonds is 4. The van der Waals surface area contributed by atoms with Crippen molar-refractivity contribution in [1.82, 2.24) is 0 Å². The number of methoxy groups -OCH3 is 2. The van der Waals surface area contributed by atoms with Gasteiger partial charge in [-0.3, -0.25) is 0 Å². The van der Waals surface area contributed by atoms with Gasteiger partial charge in [0, 0.05) is 0 Å². The Hall–Kier alpha value is -1.49. The Morgan fingerprint density at radius 3 is 2.56 bits per heavy atom. The van der Waals surface area contributed by atoms with E-state index in [0.29, 0.717) is 21.5 Å². The van der Waals surface area contributed by atoms with E-state index in [1.807, 2.05) is 0 Å². The number of carboxylic acid groups (broad SMARTS) is 1. The summed E-state index contributed by atoms with van der Waals surface area (Å²) >= 11 is 3.30. The van der Waals surface area contributed by atoms with Crippen molar-refractivity contribution in [3.63, 3.8) is 0 Å². The Morgan fingerprint density at radius 1 is 1.38 bits per heavy atom. The maximum atomic E-state index is 10.3. The summed E-state index contributed by atoms with van der Waals surface area (Å²) in [6, 6.07) is 3.39. The van der Waals surface area contributed by atoms with E-state index in [-0.39, 0.29) is 0 Å². The maximum Gasteiger partial charge on any atom is 0.174 e. The van der Waals surface area contributed by atoms with Crippen molar-refractivity contribution in [2.75, 3.05) is 14.2 Å². The topological polar surface area (TPSA) is 58.6 Å². The smallest absolute Gasteiger partial charge is 0.174 e. The molecule has 0 bridgehead atoms. The molecule has 86 valence electrons.